The number of aromatic nitrogens is 3. The fourth-order valence-electron chi connectivity index (χ4n) is 2.61. The molecule has 0 aliphatic rings. The minimum atomic E-state index is -0.384. The van der Waals surface area contributed by atoms with Crippen LogP contribution in [0.1, 0.15) is 15.4 Å². The van der Waals surface area contributed by atoms with Crippen LogP contribution < -0.4 is 5.56 Å². The number of aryl methyl sites for hydroxylation is 1. The lowest BCUT2D eigenvalue weighted by molar-refractivity contribution is 0.0966. The Kier molecular flexibility index (Phi) is 4.29. The van der Waals surface area contributed by atoms with Crippen molar-refractivity contribution in [3.8, 4) is 11.5 Å². The Bertz CT molecular complexity index is 1160. The number of ketones is 1. The van der Waals surface area contributed by atoms with Gasteiger partial charge in [-0.2, -0.15) is 5.10 Å². The second-order valence-electron chi connectivity index (χ2n) is 5.63. The molecule has 6 nitrogen and oxygen atoms in total. The standard InChI is InChI=1S/C18H12BrN3O3S/c1-10-20-16-17(26-10)15(14-3-2-8-25-14)21-22(18(16)24)9-13(23)11-4-6-12(19)7-5-11/h2-8H,9H2,1H3. The minimum absolute atomic E-state index is 0.166. The fourth-order valence-corrected chi connectivity index (χ4v) is 3.78. The first kappa shape index (κ1) is 16.9. The maximum absolute atomic E-state index is 12.7. The van der Waals surface area contributed by atoms with E-state index in [0.717, 1.165) is 14.2 Å². The molecular weight excluding hydrogens is 418 g/mol. The zero-order valence-corrected chi connectivity index (χ0v) is 16.0. The monoisotopic (exact) mass is 429 g/mol. The number of hydrogen-bond donors (Lipinski definition) is 0. The molecule has 130 valence electrons. The van der Waals surface area contributed by atoms with Crippen LogP contribution >= 0.6 is 27.3 Å². The predicted molar refractivity (Wildman–Crippen MR) is 103 cm³/mol. The number of nitrogens with zero attached hydrogens (tertiary/aromatic N) is 3. The third-order valence-corrected chi connectivity index (χ3v) is 5.33. The molecule has 0 atom stereocenters. The largest absolute Gasteiger partial charge is 0.463 e. The second kappa shape index (κ2) is 6.62. The van der Waals surface area contributed by atoms with Crippen LogP contribution in [0.4, 0.5) is 0 Å². The van der Waals surface area contributed by atoms with Crippen molar-refractivity contribution in [1.82, 2.24) is 14.8 Å². The number of carbonyl (C=O) groups is 1. The molecule has 4 aromatic rings. The first-order chi connectivity index (χ1) is 12.5. The highest BCUT2D eigenvalue weighted by Crippen LogP contribution is 2.29. The number of halogens is 1. The van der Waals surface area contributed by atoms with Crippen LogP contribution in [0.5, 0.6) is 0 Å². The Labute approximate surface area is 160 Å². The van der Waals surface area contributed by atoms with Crippen LogP contribution in [0.2, 0.25) is 0 Å². The van der Waals surface area contributed by atoms with Gasteiger partial charge < -0.3 is 4.42 Å². The van der Waals surface area contributed by atoms with Gasteiger partial charge in [0, 0.05) is 10.0 Å². The molecule has 0 unspecified atom stereocenters. The maximum Gasteiger partial charge on any atom is 0.294 e. The van der Waals surface area contributed by atoms with Crippen LogP contribution in [0.15, 0.2) is 56.3 Å². The third-order valence-electron chi connectivity index (χ3n) is 3.82. The summed E-state index contributed by atoms with van der Waals surface area (Å²) in [5.41, 5.74) is 0.942. The summed E-state index contributed by atoms with van der Waals surface area (Å²) in [5.74, 6) is 0.326. The summed E-state index contributed by atoms with van der Waals surface area (Å²) < 4.78 is 8.14. The van der Waals surface area contributed by atoms with Gasteiger partial charge in [-0.05, 0) is 31.2 Å². The normalized spacial score (nSPS) is 11.2. The van der Waals surface area contributed by atoms with E-state index in [1.54, 1.807) is 42.7 Å². The average Bonchev–Trinajstić information content (AvgIpc) is 3.27. The van der Waals surface area contributed by atoms with Crippen LogP contribution in [-0.4, -0.2) is 20.5 Å². The number of benzene rings is 1. The molecule has 0 spiro atoms. The molecule has 0 aliphatic heterocycles. The Morgan fingerprint density at radius 1 is 1.27 bits per heavy atom. The molecule has 0 radical (unpaired) electrons. The van der Waals surface area contributed by atoms with Crippen molar-refractivity contribution in [2.24, 2.45) is 0 Å². The molecule has 3 heterocycles. The van der Waals surface area contributed by atoms with Gasteiger partial charge in [-0.15, -0.1) is 11.3 Å². The van der Waals surface area contributed by atoms with E-state index in [1.807, 2.05) is 6.92 Å². The molecule has 0 amide bonds. The zero-order chi connectivity index (χ0) is 18.3. The number of Topliss-reactive ketones (excluding diaryl/α,β-unsaturated/α-hetero) is 1. The summed E-state index contributed by atoms with van der Waals surface area (Å²) in [7, 11) is 0. The highest BCUT2D eigenvalue weighted by atomic mass is 79.9. The SMILES string of the molecule is Cc1nc2c(=O)n(CC(=O)c3ccc(Br)cc3)nc(-c3ccco3)c2s1. The van der Waals surface area contributed by atoms with Crippen LogP contribution in [0.25, 0.3) is 21.7 Å². The molecule has 0 saturated carbocycles. The van der Waals surface area contributed by atoms with Crippen molar-refractivity contribution >= 4 is 43.3 Å². The van der Waals surface area contributed by atoms with Gasteiger partial charge in [-0.3, -0.25) is 9.59 Å². The third kappa shape index (κ3) is 3.02. The lowest BCUT2D eigenvalue weighted by Crippen LogP contribution is -2.27. The smallest absolute Gasteiger partial charge is 0.294 e. The molecule has 0 aliphatic carbocycles. The Balaban J connectivity index is 1.82. The van der Waals surface area contributed by atoms with E-state index < -0.39 is 0 Å². The average molecular weight is 430 g/mol. The van der Waals surface area contributed by atoms with E-state index in [1.165, 1.54) is 11.3 Å². The Morgan fingerprint density at radius 3 is 2.73 bits per heavy atom. The summed E-state index contributed by atoms with van der Waals surface area (Å²) in [6.07, 6.45) is 1.54. The molecule has 8 heteroatoms. The van der Waals surface area contributed by atoms with Crippen molar-refractivity contribution in [2.75, 3.05) is 0 Å². The molecule has 4 rings (SSSR count). The Hall–Kier alpha value is -2.58. The first-order valence-electron chi connectivity index (χ1n) is 7.74. The minimum Gasteiger partial charge on any atom is -0.463 e. The van der Waals surface area contributed by atoms with E-state index in [-0.39, 0.29) is 17.9 Å². The van der Waals surface area contributed by atoms with Crippen molar-refractivity contribution < 1.29 is 9.21 Å². The topological polar surface area (TPSA) is 78.0 Å². The van der Waals surface area contributed by atoms with Crippen LogP contribution in [0, 0.1) is 6.92 Å². The second-order valence-corrected chi connectivity index (χ2v) is 7.75. The van der Waals surface area contributed by atoms with Crippen molar-refractivity contribution in [3.63, 3.8) is 0 Å². The first-order valence-corrected chi connectivity index (χ1v) is 9.35. The Morgan fingerprint density at radius 2 is 2.04 bits per heavy atom. The summed E-state index contributed by atoms with van der Waals surface area (Å²) in [5, 5.41) is 5.14. The van der Waals surface area contributed by atoms with E-state index >= 15 is 0 Å². The quantitative estimate of drug-likeness (QED) is 0.457. The van der Waals surface area contributed by atoms with Gasteiger partial charge in [-0.1, -0.05) is 28.1 Å². The van der Waals surface area contributed by atoms with Gasteiger partial charge in [0.25, 0.3) is 5.56 Å². The lowest BCUT2D eigenvalue weighted by atomic mass is 10.1. The lowest BCUT2D eigenvalue weighted by Gasteiger charge is -2.07. The van der Waals surface area contributed by atoms with Gasteiger partial charge >= 0.3 is 0 Å². The van der Waals surface area contributed by atoms with Gasteiger partial charge in [0.1, 0.15) is 12.2 Å². The van der Waals surface area contributed by atoms with Crippen molar-refractivity contribution in [2.45, 2.75) is 13.5 Å². The number of fused-ring (bicyclic) bond motifs is 1. The molecule has 26 heavy (non-hydrogen) atoms. The molecule has 1 aromatic carbocycles. The number of rotatable bonds is 4. The van der Waals surface area contributed by atoms with Crippen LogP contribution in [-0.2, 0) is 6.54 Å². The van der Waals surface area contributed by atoms with Crippen LogP contribution in [0.3, 0.4) is 0 Å². The molecule has 0 N–H and O–H groups in total. The van der Waals surface area contributed by atoms with E-state index in [9.17, 15) is 9.59 Å². The number of thiazole rings is 1. The molecule has 0 bridgehead atoms. The molecule has 0 saturated heterocycles. The summed E-state index contributed by atoms with van der Waals surface area (Å²) in [6.45, 7) is 1.66. The van der Waals surface area contributed by atoms with Crippen molar-refractivity contribution in [1.29, 1.82) is 0 Å². The zero-order valence-electron chi connectivity index (χ0n) is 13.6. The summed E-state index contributed by atoms with van der Waals surface area (Å²) in [4.78, 5) is 29.6. The highest BCUT2D eigenvalue weighted by Gasteiger charge is 2.19. The fraction of sp³-hybridized carbons (Fsp3) is 0.111. The molecule has 0 fully saturated rings. The van der Waals surface area contributed by atoms with E-state index in [0.29, 0.717) is 27.2 Å². The number of carbonyl (C=O) groups excluding carboxylic acids is 1. The van der Waals surface area contributed by atoms with E-state index in [2.05, 4.69) is 26.0 Å². The van der Waals surface area contributed by atoms with E-state index in [4.69, 9.17) is 4.42 Å². The van der Waals surface area contributed by atoms with Gasteiger partial charge in [0.15, 0.2) is 17.1 Å². The van der Waals surface area contributed by atoms with Gasteiger partial charge in [0.05, 0.1) is 16.0 Å². The molecular formula is C18H12BrN3O3S. The number of hydrogen-bond acceptors (Lipinski definition) is 6. The molecule has 3 aromatic heterocycles. The van der Waals surface area contributed by atoms with Gasteiger partial charge in [-0.25, -0.2) is 9.67 Å². The van der Waals surface area contributed by atoms with Gasteiger partial charge in [0.2, 0.25) is 0 Å². The van der Waals surface area contributed by atoms with Crippen molar-refractivity contribution in [3.05, 3.63) is 68.1 Å². The highest BCUT2D eigenvalue weighted by molar-refractivity contribution is 9.10. The predicted octanol–water partition coefficient (Wildman–Crippen LogP) is 4.07. The number of furan rings is 1. The summed E-state index contributed by atoms with van der Waals surface area (Å²) >= 11 is 4.72. The summed E-state index contributed by atoms with van der Waals surface area (Å²) in [6, 6.07) is 10.5. The maximum atomic E-state index is 12.7.